The summed E-state index contributed by atoms with van der Waals surface area (Å²) in [6, 6.07) is 3.13. The Hall–Kier alpha value is -0.670. The van der Waals surface area contributed by atoms with Gasteiger partial charge in [-0.1, -0.05) is 11.6 Å². The Kier molecular flexibility index (Phi) is 8.42. The van der Waals surface area contributed by atoms with Crippen molar-refractivity contribution in [2.75, 3.05) is 6.54 Å². The van der Waals surface area contributed by atoms with Crippen molar-refractivity contribution in [3.63, 3.8) is 0 Å². The molecular formula is C11H16Cl2F2N2O3S. The lowest BCUT2D eigenvalue weighted by molar-refractivity contribution is -0.0498. The van der Waals surface area contributed by atoms with Crippen LogP contribution in [0.5, 0.6) is 5.75 Å². The SMILES string of the molecule is CC(N)CCNS(=O)(=O)c1ccc(OC(F)F)c(Cl)c1.Cl. The van der Waals surface area contributed by atoms with Crippen LogP contribution in [-0.2, 0) is 10.0 Å². The average molecular weight is 365 g/mol. The zero-order chi connectivity index (χ0) is 15.3. The van der Waals surface area contributed by atoms with E-state index in [0.29, 0.717) is 6.42 Å². The number of nitrogens with one attached hydrogen (secondary N) is 1. The first-order valence-electron chi connectivity index (χ1n) is 5.72. The van der Waals surface area contributed by atoms with Crippen molar-refractivity contribution >= 4 is 34.0 Å². The minimum absolute atomic E-state index is 0. The molecule has 0 bridgehead atoms. The molecule has 0 aliphatic carbocycles. The number of hydrogen-bond acceptors (Lipinski definition) is 4. The van der Waals surface area contributed by atoms with E-state index >= 15 is 0 Å². The second-order valence-corrected chi connectivity index (χ2v) is 6.31. The summed E-state index contributed by atoms with van der Waals surface area (Å²) in [7, 11) is -3.76. The lowest BCUT2D eigenvalue weighted by atomic mass is 10.3. The molecule has 3 N–H and O–H groups in total. The van der Waals surface area contributed by atoms with Gasteiger partial charge in [0.25, 0.3) is 0 Å². The highest BCUT2D eigenvalue weighted by molar-refractivity contribution is 7.89. The van der Waals surface area contributed by atoms with Crippen molar-refractivity contribution < 1.29 is 21.9 Å². The first kappa shape index (κ1) is 20.3. The molecule has 21 heavy (non-hydrogen) atoms. The van der Waals surface area contributed by atoms with Gasteiger partial charge in [-0.2, -0.15) is 8.78 Å². The third-order valence-electron chi connectivity index (χ3n) is 2.32. The van der Waals surface area contributed by atoms with Crippen molar-refractivity contribution in [2.45, 2.75) is 30.9 Å². The molecule has 0 aliphatic rings. The zero-order valence-corrected chi connectivity index (χ0v) is 13.4. The molecule has 0 saturated carbocycles. The second kappa shape index (κ2) is 8.70. The van der Waals surface area contributed by atoms with Gasteiger partial charge in [0.05, 0.1) is 9.92 Å². The quantitative estimate of drug-likeness (QED) is 0.778. The van der Waals surface area contributed by atoms with Gasteiger partial charge in [0.15, 0.2) is 0 Å². The molecule has 1 rings (SSSR count). The molecule has 0 aliphatic heterocycles. The Balaban J connectivity index is 0.00000400. The third-order valence-corrected chi connectivity index (χ3v) is 4.08. The molecule has 1 unspecified atom stereocenters. The van der Waals surface area contributed by atoms with E-state index in [1.807, 2.05) is 0 Å². The average Bonchev–Trinajstić information content (AvgIpc) is 2.30. The maximum absolute atomic E-state index is 12.1. The van der Waals surface area contributed by atoms with Crippen LogP contribution in [0.3, 0.4) is 0 Å². The van der Waals surface area contributed by atoms with Crippen molar-refractivity contribution in [3.8, 4) is 5.75 Å². The first-order valence-corrected chi connectivity index (χ1v) is 7.58. The Labute approximate surface area is 133 Å². The number of benzene rings is 1. The Bertz CT molecular complexity index is 556. The van der Waals surface area contributed by atoms with Crippen LogP contribution in [-0.4, -0.2) is 27.6 Å². The van der Waals surface area contributed by atoms with Gasteiger partial charge < -0.3 is 10.5 Å². The third kappa shape index (κ3) is 6.75. The number of halogens is 4. The smallest absolute Gasteiger partial charge is 0.387 e. The molecule has 0 saturated heterocycles. The highest BCUT2D eigenvalue weighted by Gasteiger charge is 2.17. The van der Waals surface area contributed by atoms with Gasteiger partial charge in [0.2, 0.25) is 10.0 Å². The molecular weight excluding hydrogens is 349 g/mol. The number of hydrogen-bond donors (Lipinski definition) is 2. The molecule has 1 atom stereocenters. The predicted molar refractivity (Wildman–Crippen MR) is 78.8 cm³/mol. The molecule has 1 aromatic carbocycles. The Morgan fingerprint density at radius 2 is 2.05 bits per heavy atom. The lowest BCUT2D eigenvalue weighted by Crippen LogP contribution is -2.29. The fourth-order valence-electron chi connectivity index (χ4n) is 1.34. The van der Waals surface area contributed by atoms with Crippen LogP contribution in [0.4, 0.5) is 8.78 Å². The van der Waals surface area contributed by atoms with Crippen LogP contribution in [0.25, 0.3) is 0 Å². The van der Waals surface area contributed by atoms with Crippen LogP contribution in [0.1, 0.15) is 13.3 Å². The summed E-state index contributed by atoms with van der Waals surface area (Å²) in [5, 5.41) is -0.208. The molecule has 0 aromatic heterocycles. The topological polar surface area (TPSA) is 81.4 Å². The monoisotopic (exact) mass is 364 g/mol. The van der Waals surface area contributed by atoms with Crippen LogP contribution in [0.15, 0.2) is 23.1 Å². The molecule has 0 heterocycles. The van der Waals surface area contributed by atoms with Gasteiger partial charge >= 0.3 is 6.61 Å². The molecule has 122 valence electrons. The van der Waals surface area contributed by atoms with E-state index in [-0.39, 0.29) is 40.7 Å². The molecule has 0 fully saturated rings. The number of rotatable bonds is 7. The summed E-state index contributed by atoms with van der Waals surface area (Å²) in [6.07, 6.45) is 0.472. The largest absolute Gasteiger partial charge is 0.433 e. The van der Waals surface area contributed by atoms with E-state index in [0.717, 1.165) is 18.2 Å². The van der Waals surface area contributed by atoms with Gasteiger partial charge in [0, 0.05) is 12.6 Å². The normalized spacial score (nSPS) is 12.9. The Morgan fingerprint density at radius 3 is 2.52 bits per heavy atom. The maximum Gasteiger partial charge on any atom is 0.387 e. The number of ether oxygens (including phenoxy) is 1. The minimum Gasteiger partial charge on any atom is -0.433 e. The van der Waals surface area contributed by atoms with Crippen LogP contribution < -0.4 is 15.2 Å². The summed E-state index contributed by atoms with van der Waals surface area (Å²) in [6.45, 7) is -1.10. The van der Waals surface area contributed by atoms with Crippen molar-refractivity contribution in [3.05, 3.63) is 23.2 Å². The van der Waals surface area contributed by atoms with E-state index in [9.17, 15) is 17.2 Å². The summed E-state index contributed by atoms with van der Waals surface area (Å²) < 4.78 is 54.4. The second-order valence-electron chi connectivity index (χ2n) is 4.13. The molecule has 0 amide bonds. The minimum atomic E-state index is -3.76. The van der Waals surface area contributed by atoms with Crippen LogP contribution >= 0.6 is 24.0 Å². The van der Waals surface area contributed by atoms with E-state index in [2.05, 4.69) is 9.46 Å². The van der Waals surface area contributed by atoms with Gasteiger partial charge in [-0.3, -0.25) is 0 Å². The highest BCUT2D eigenvalue weighted by Crippen LogP contribution is 2.28. The van der Waals surface area contributed by atoms with E-state index in [4.69, 9.17) is 17.3 Å². The fraction of sp³-hybridized carbons (Fsp3) is 0.455. The lowest BCUT2D eigenvalue weighted by Gasteiger charge is -2.10. The first-order chi connectivity index (χ1) is 9.22. The Morgan fingerprint density at radius 1 is 1.43 bits per heavy atom. The molecule has 5 nitrogen and oxygen atoms in total. The number of nitrogens with two attached hydrogens (primary N) is 1. The van der Waals surface area contributed by atoms with Gasteiger partial charge in [0.1, 0.15) is 5.75 Å². The maximum atomic E-state index is 12.1. The molecule has 10 heteroatoms. The van der Waals surface area contributed by atoms with Gasteiger partial charge in [-0.15, -0.1) is 12.4 Å². The van der Waals surface area contributed by atoms with Crippen molar-refractivity contribution in [2.24, 2.45) is 5.73 Å². The standard InChI is InChI=1S/C11H15ClF2N2O3S.ClH/c1-7(15)4-5-16-20(17,18)8-2-3-10(9(12)6-8)19-11(13)14;/h2-3,6-7,11,16H,4-5,15H2,1H3;1H. The summed E-state index contributed by atoms with van der Waals surface area (Å²) in [5.74, 6) is -0.281. The van der Waals surface area contributed by atoms with Gasteiger partial charge in [-0.05, 0) is 31.5 Å². The number of sulfonamides is 1. The van der Waals surface area contributed by atoms with E-state index in [1.54, 1.807) is 6.92 Å². The zero-order valence-electron chi connectivity index (χ0n) is 11.1. The summed E-state index contributed by atoms with van der Waals surface area (Å²) in [4.78, 5) is -0.131. The van der Waals surface area contributed by atoms with E-state index in [1.165, 1.54) is 0 Å². The summed E-state index contributed by atoms with van der Waals surface area (Å²) >= 11 is 5.69. The van der Waals surface area contributed by atoms with Gasteiger partial charge in [-0.25, -0.2) is 13.1 Å². The highest BCUT2D eigenvalue weighted by atomic mass is 35.5. The molecule has 0 spiro atoms. The van der Waals surface area contributed by atoms with Crippen LogP contribution in [0.2, 0.25) is 5.02 Å². The molecule has 0 radical (unpaired) electrons. The van der Waals surface area contributed by atoms with Crippen molar-refractivity contribution in [1.29, 1.82) is 0 Å². The van der Waals surface area contributed by atoms with E-state index < -0.39 is 16.6 Å². The molecule has 1 aromatic rings. The van der Waals surface area contributed by atoms with Crippen molar-refractivity contribution in [1.82, 2.24) is 4.72 Å². The van der Waals surface area contributed by atoms with Crippen LogP contribution in [0, 0.1) is 0 Å². The summed E-state index contributed by atoms with van der Waals surface area (Å²) in [5.41, 5.74) is 5.51. The number of alkyl halides is 2. The predicted octanol–water partition coefficient (Wildman–Crippen LogP) is 2.38. The fourth-order valence-corrected chi connectivity index (χ4v) is 2.71.